The molecule has 0 N–H and O–H groups in total. The van der Waals surface area contributed by atoms with Crippen molar-refractivity contribution in [3.63, 3.8) is 0 Å². The Morgan fingerprint density at radius 1 is 0.397 bits per heavy atom. The van der Waals surface area contributed by atoms with Crippen LogP contribution in [0.3, 0.4) is 0 Å². The highest BCUT2D eigenvalue weighted by atomic mass is 16.3. The molecule has 278 valence electrons. The first-order valence-electron chi connectivity index (χ1n) is 20.8. The second-order valence-electron chi connectivity index (χ2n) is 15.8. The van der Waals surface area contributed by atoms with Crippen LogP contribution in [0.4, 0.5) is 17.1 Å². The minimum atomic E-state index is 0.590. The van der Waals surface area contributed by atoms with Gasteiger partial charge in [0.2, 0.25) is 0 Å². The van der Waals surface area contributed by atoms with Gasteiger partial charge in [0.15, 0.2) is 0 Å². The molecule has 0 aliphatic heterocycles. The molecule has 9 aromatic carbocycles. The Bertz CT molecular complexity index is 3080. The minimum Gasteiger partial charge on any atom is -0.455 e. The van der Waals surface area contributed by atoms with Crippen LogP contribution >= 0.6 is 0 Å². The summed E-state index contributed by atoms with van der Waals surface area (Å²) < 4.78 is 6.47. The lowest BCUT2D eigenvalue weighted by Gasteiger charge is -2.29. The molecule has 1 saturated carbocycles. The van der Waals surface area contributed by atoms with Crippen molar-refractivity contribution in [2.24, 2.45) is 0 Å². The summed E-state index contributed by atoms with van der Waals surface area (Å²) in [6, 6.07) is 71.0. The summed E-state index contributed by atoms with van der Waals surface area (Å²) >= 11 is 0. The summed E-state index contributed by atoms with van der Waals surface area (Å²) in [5.74, 6) is 0.590. The quantitative estimate of drug-likeness (QED) is 0.162. The summed E-state index contributed by atoms with van der Waals surface area (Å²) in [4.78, 5) is 2.44. The number of para-hydroxylation sites is 3. The molecule has 0 amide bonds. The zero-order valence-electron chi connectivity index (χ0n) is 32.4. The maximum Gasteiger partial charge on any atom is 0.143 e. The molecule has 0 spiro atoms. The molecule has 0 unspecified atom stereocenters. The van der Waals surface area contributed by atoms with Gasteiger partial charge in [-0.05, 0) is 105 Å². The van der Waals surface area contributed by atoms with E-state index in [1.807, 2.05) is 6.07 Å². The van der Waals surface area contributed by atoms with E-state index in [9.17, 15) is 0 Å². The molecule has 1 aliphatic rings. The van der Waals surface area contributed by atoms with E-state index in [0.717, 1.165) is 50.1 Å². The monoisotopic (exact) mass is 745 g/mol. The maximum atomic E-state index is 6.47. The van der Waals surface area contributed by atoms with Crippen LogP contribution in [-0.4, -0.2) is 0 Å². The predicted molar refractivity (Wildman–Crippen MR) is 246 cm³/mol. The van der Waals surface area contributed by atoms with Gasteiger partial charge in [-0.15, -0.1) is 0 Å². The zero-order chi connectivity index (χ0) is 38.4. The fraction of sp³-hybridized carbons (Fsp3) is 0.107. The molecular weight excluding hydrogens is 703 g/mol. The first-order chi connectivity index (χ1) is 28.8. The van der Waals surface area contributed by atoms with Crippen molar-refractivity contribution in [1.29, 1.82) is 0 Å². The van der Waals surface area contributed by atoms with Crippen molar-refractivity contribution in [3.05, 3.63) is 200 Å². The Morgan fingerprint density at radius 2 is 0.948 bits per heavy atom. The molecule has 1 heterocycles. The zero-order valence-corrected chi connectivity index (χ0v) is 32.4. The van der Waals surface area contributed by atoms with Crippen LogP contribution in [0.1, 0.15) is 43.6 Å². The van der Waals surface area contributed by atoms with E-state index in [-0.39, 0.29) is 0 Å². The van der Waals surface area contributed by atoms with Gasteiger partial charge in [0.05, 0.1) is 5.69 Å². The number of furan rings is 1. The van der Waals surface area contributed by atoms with Gasteiger partial charge in [0.25, 0.3) is 0 Å². The van der Waals surface area contributed by atoms with Crippen LogP contribution in [0, 0.1) is 0 Å². The molecule has 2 heteroatoms. The van der Waals surface area contributed by atoms with Gasteiger partial charge in [-0.1, -0.05) is 177 Å². The van der Waals surface area contributed by atoms with Crippen molar-refractivity contribution < 1.29 is 4.42 Å². The van der Waals surface area contributed by atoms with Gasteiger partial charge >= 0.3 is 0 Å². The minimum absolute atomic E-state index is 0.590. The van der Waals surface area contributed by atoms with Crippen molar-refractivity contribution >= 4 is 60.5 Å². The molecule has 0 saturated heterocycles. The first-order valence-corrected chi connectivity index (χ1v) is 20.8. The summed E-state index contributed by atoms with van der Waals surface area (Å²) in [5, 5.41) is 7.50. The van der Waals surface area contributed by atoms with Gasteiger partial charge in [-0.25, -0.2) is 0 Å². The fourth-order valence-electron chi connectivity index (χ4n) is 9.70. The number of rotatable bonds is 7. The predicted octanol–water partition coefficient (Wildman–Crippen LogP) is 16.4. The van der Waals surface area contributed by atoms with Gasteiger partial charge in [-0.2, -0.15) is 0 Å². The first kappa shape index (κ1) is 34.4. The highest BCUT2D eigenvalue weighted by Crippen LogP contribution is 2.46. The van der Waals surface area contributed by atoms with Gasteiger partial charge < -0.3 is 9.32 Å². The highest BCUT2D eigenvalue weighted by Gasteiger charge is 2.23. The molecule has 0 radical (unpaired) electrons. The third-order valence-electron chi connectivity index (χ3n) is 12.5. The van der Waals surface area contributed by atoms with Crippen LogP contribution in [0.15, 0.2) is 199 Å². The molecule has 58 heavy (non-hydrogen) atoms. The Balaban J connectivity index is 1.07. The van der Waals surface area contributed by atoms with Crippen molar-refractivity contribution in [2.75, 3.05) is 4.90 Å². The smallest absolute Gasteiger partial charge is 0.143 e. The van der Waals surface area contributed by atoms with E-state index < -0.39 is 0 Å². The molecule has 1 aliphatic carbocycles. The standard InChI is InChI=1S/C56H43NO/c1-2-14-39(15-3-1)47-24-11-18-42-19-12-26-51(55(42)47)49-21-6-8-28-53(49)57(43-34-30-40(31-35-43)46-23-10-17-38-16-4-5-20-45(38)46)44-36-32-41(33-37-44)48-25-13-27-52-50-22-7-9-29-54(50)58-56(48)52/h4-13,16-37,39H,1-3,14-15H2. The van der Waals surface area contributed by atoms with Crippen LogP contribution < -0.4 is 4.90 Å². The molecule has 0 bridgehead atoms. The Morgan fingerprint density at radius 3 is 1.74 bits per heavy atom. The van der Waals surface area contributed by atoms with E-state index in [2.05, 4.69) is 193 Å². The average molecular weight is 746 g/mol. The molecule has 11 rings (SSSR count). The summed E-state index contributed by atoms with van der Waals surface area (Å²) in [7, 11) is 0. The van der Waals surface area contributed by atoms with Gasteiger partial charge in [0.1, 0.15) is 11.2 Å². The van der Waals surface area contributed by atoms with E-state index in [0.29, 0.717) is 5.92 Å². The molecule has 2 nitrogen and oxygen atoms in total. The van der Waals surface area contributed by atoms with Crippen molar-refractivity contribution in [1.82, 2.24) is 0 Å². The van der Waals surface area contributed by atoms with Crippen LogP contribution in [0.5, 0.6) is 0 Å². The molecule has 1 aromatic heterocycles. The lowest BCUT2D eigenvalue weighted by molar-refractivity contribution is 0.445. The van der Waals surface area contributed by atoms with E-state index in [1.165, 1.54) is 81.5 Å². The summed E-state index contributed by atoms with van der Waals surface area (Å²) in [5.41, 5.74) is 13.9. The lowest BCUT2D eigenvalue weighted by atomic mass is 9.80. The average Bonchev–Trinajstić information content (AvgIpc) is 3.69. The van der Waals surface area contributed by atoms with E-state index >= 15 is 0 Å². The topological polar surface area (TPSA) is 16.4 Å². The normalized spacial score (nSPS) is 13.4. The highest BCUT2D eigenvalue weighted by molar-refractivity contribution is 6.10. The lowest BCUT2D eigenvalue weighted by Crippen LogP contribution is -2.11. The third kappa shape index (κ3) is 5.96. The van der Waals surface area contributed by atoms with E-state index in [4.69, 9.17) is 4.42 Å². The number of anilines is 3. The van der Waals surface area contributed by atoms with Gasteiger partial charge in [0, 0.05) is 33.3 Å². The van der Waals surface area contributed by atoms with E-state index in [1.54, 1.807) is 0 Å². The summed E-state index contributed by atoms with van der Waals surface area (Å²) in [6.45, 7) is 0. The van der Waals surface area contributed by atoms with Crippen molar-refractivity contribution in [2.45, 2.75) is 38.0 Å². The Hall–Kier alpha value is -6.90. The van der Waals surface area contributed by atoms with Crippen LogP contribution in [0.25, 0.3) is 76.9 Å². The second kappa shape index (κ2) is 14.6. The number of fused-ring (bicyclic) bond motifs is 5. The number of benzene rings is 9. The molecule has 0 atom stereocenters. The molecular formula is C56H43NO. The SMILES string of the molecule is c1ccc(N(c2ccc(-c3cccc4ccccc34)cc2)c2ccc(-c3cccc4c3oc3ccccc34)cc2)c(-c2cccc3cccc(C4CCCCC4)c23)c1. The largest absolute Gasteiger partial charge is 0.455 e. The summed E-state index contributed by atoms with van der Waals surface area (Å²) in [6.07, 6.45) is 6.49. The number of hydrogen-bond acceptors (Lipinski definition) is 2. The molecule has 1 fully saturated rings. The van der Waals surface area contributed by atoms with Crippen molar-refractivity contribution in [3.8, 4) is 33.4 Å². The number of hydrogen-bond donors (Lipinski definition) is 0. The second-order valence-corrected chi connectivity index (χ2v) is 15.8. The van der Waals surface area contributed by atoms with Crippen LogP contribution in [0.2, 0.25) is 0 Å². The van der Waals surface area contributed by atoms with Crippen LogP contribution in [-0.2, 0) is 0 Å². The Labute approximate surface area is 339 Å². The number of nitrogens with zero attached hydrogens (tertiary/aromatic N) is 1. The van der Waals surface area contributed by atoms with Gasteiger partial charge in [-0.3, -0.25) is 0 Å². The maximum absolute atomic E-state index is 6.47. The third-order valence-corrected chi connectivity index (χ3v) is 12.5. The fourth-order valence-corrected chi connectivity index (χ4v) is 9.70. The molecule has 10 aromatic rings. The Kier molecular flexibility index (Phi) is 8.62.